The second-order valence-electron chi connectivity index (χ2n) is 5.87. The predicted octanol–water partition coefficient (Wildman–Crippen LogP) is 5.17. The fourth-order valence-corrected chi connectivity index (χ4v) is 2.53. The van der Waals surface area contributed by atoms with E-state index >= 15 is 0 Å². The Morgan fingerprint density at radius 3 is 2.46 bits per heavy atom. The molecule has 26 heavy (non-hydrogen) atoms. The molecule has 0 bridgehead atoms. The molecule has 0 unspecified atom stereocenters. The van der Waals surface area contributed by atoms with Crippen molar-refractivity contribution in [3.63, 3.8) is 0 Å². The number of aromatic nitrogens is 3. The fourth-order valence-electron chi connectivity index (χ4n) is 2.53. The average molecular weight is 358 g/mol. The first-order valence-corrected chi connectivity index (χ1v) is 8.09. The number of halogens is 3. The zero-order valence-electron chi connectivity index (χ0n) is 14.3. The summed E-state index contributed by atoms with van der Waals surface area (Å²) in [7, 11) is 0. The van der Waals surface area contributed by atoms with Gasteiger partial charge < -0.3 is 5.32 Å². The fraction of sp³-hybridized carbons (Fsp3) is 0.211. The third kappa shape index (κ3) is 4.17. The molecule has 0 saturated carbocycles. The van der Waals surface area contributed by atoms with E-state index in [2.05, 4.69) is 20.3 Å². The van der Waals surface area contributed by atoms with Crippen molar-refractivity contribution in [2.75, 3.05) is 5.32 Å². The van der Waals surface area contributed by atoms with Crippen molar-refractivity contribution in [1.82, 2.24) is 15.0 Å². The van der Waals surface area contributed by atoms with Crippen LogP contribution in [0.2, 0.25) is 0 Å². The molecule has 7 heteroatoms. The lowest BCUT2D eigenvalue weighted by molar-refractivity contribution is -0.141. The second-order valence-corrected chi connectivity index (χ2v) is 5.87. The first kappa shape index (κ1) is 17.8. The number of aryl methyl sites for hydroxylation is 2. The summed E-state index contributed by atoms with van der Waals surface area (Å²) < 4.78 is 38.4. The molecule has 0 aliphatic carbocycles. The Morgan fingerprint density at radius 1 is 1.00 bits per heavy atom. The lowest BCUT2D eigenvalue weighted by Crippen LogP contribution is -2.10. The number of nitrogens with zero attached hydrogens (tertiary/aromatic N) is 3. The molecule has 134 valence electrons. The van der Waals surface area contributed by atoms with Crippen LogP contribution in [0.3, 0.4) is 0 Å². The molecule has 0 saturated heterocycles. The van der Waals surface area contributed by atoms with E-state index in [9.17, 15) is 13.2 Å². The number of anilines is 2. The van der Waals surface area contributed by atoms with Gasteiger partial charge in [-0.05, 0) is 48.7 Å². The van der Waals surface area contributed by atoms with Crippen molar-refractivity contribution in [1.29, 1.82) is 0 Å². The molecule has 2 aromatic heterocycles. The zero-order chi connectivity index (χ0) is 18.7. The van der Waals surface area contributed by atoms with E-state index in [4.69, 9.17) is 0 Å². The molecule has 2 heterocycles. The number of hydrogen-bond acceptors (Lipinski definition) is 4. The highest BCUT2D eigenvalue weighted by atomic mass is 19.4. The molecule has 0 atom stereocenters. The van der Waals surface area contributed by atoms with Crippen LogP contribution in [0.15, 0.2) is 48.8 Å². The maximum atomic E-state index is 12.8. The third-order valence-corrected chi connectivity index (χ3v) is 3.80. The van der Waals surface area contributed by atoms with Crippen LogP contribution in [0, 0.1) is 6.92 Å². The van der Waals surface area contributed by atoms with Crippen molar-refractivity contribution in [3.8, 4) is 11.1 Å². The smallest absolute Gasteiger partial charge is 0.324 e. The maximum absolute atomic E-state index is 12.8. The van der Waals surface area contributed by atoms with Crippen LogP contribution in [0.5, 0.6) is 0 Å². The summed E-state index contributed by atoms with van der Waals surface area (Å²) in [4.78, 5) is 11.8. The van der Waals surface area contributed by atoms with Crippen LogP contribution < -0.4 is 5.32 Å². The summed E-state index contributed by atoms with van der Waals surface area (Å²) in [5.41, 5.74) is 3.42. The molecule has 1 N–H and O–H groups in total. The molecule has 0 radical (unpaired) electrons. The quantitative estimate of drug-likeness (QED) is 0.699. The van der Waals surface area contributed by atoms with E-state index in [0.717, 1.165) is 41.1 Å². The number of nitrogens with one attached hydrogen (secondary N) is 1. The highest BCUT2D eigenvalue weighted by Gasteiger charge is 2.32. The molecule has 0 aliphatic heterocycles. The van der Waals surface area contributed by atoms with Crippen LogP contribution in [0.25, 0.3) is 11.1 Å². The average Bonchev–Trinajstić information content (AvgIpc) is 2.61. The standard InChI is InChI=1S/C19H17F3N4/c1-3-15-5-4-13(11-24-15)14-8-12(2)9-16(10-14)25-18-23-7-6-17(26-18)19(20,21)22/h4-11H,3H2,1-2H3,(H,23,25,26). The van der Waals surface area contributed by atoms with Crippen molar-refractivity contribution in [2.24, 2.45) is 0 Å². The van der Waals surface area contributed by atoms with Gasteiger partial charge in [0, 0.05) is 29.3 Å². The Morgan fingerprint density at radius 2 is 1.81 bits per heavy atom. The summed E-state index contributed by atoms with van der Waals surface area (Å²) in [6.07, 6.45) is -0.780. The SMILES string of the molecule is CCc1ccc(-c2cc(C)cc(Nc3nccc(C(F)(F)F)n3)c2)cn1. The minimum absolute atomic E-state index is 0.101. The van der Waals surface area contributed by atoms with Crippen molar-refractivity contribution in [3.05, 3.63) is 65.7 Å². The molecule has 0 spiro atoms. The molecule has 0 fully saturated rings. The van der Waals surface area contributed by atoms with Gasteiger partial charge in [0.05, 0.1) is 0 Å². The number of alkyl halides is 3. The molecule has 0 amide bonds. The van der Waals surface area contributed by atoms with Gasteiger partial charge in [0.2, 0.25) is 5.95 Å². The molecule has 3 rings (SSSR count). The number of benzene rings is 1. The van der Waals surface area contributed by atoms with E-state index in [-0.39, 0.29) is 5.95 Å². The lowest BCUT2D eigenvalue weighted by Gasteiger charge is -2.11. The summed E-state index contributed by atoms with van der Waals surface area (Å²) in [6.45, 7) is 3.95. The summed E-state index contributed by atoms with van der Waals surface area (Å²) >= 11 is 0. The molecule has 3 aromatic rings. The van der Waals surface area contributed by atoms with Gasteiger partial charge in [0.25, 0.3) is 0 Å². The number of hydrogen-bond donors (Lipinski definition) is 1. The first-order valence-electron chi connectivity index (χ1n) is 8.09. The van der Waals surface area contributed by atoms with E-state index in [0.29, 0.717) is 5.69 Å². The largest absolute Gasteiger partial charge is 0.433 e. The summed E-state index contributed by atoms with van der Waals surface area (Å²) in [5.74, 6) is -0.101. The Labute approximate surface area is 149 Å². The number of rotatable bonds is 4. The van der Waals surface area contributed by atoms with E-state index in [1.807, 2.05) is 44.2 Å². The third-order valence-electron chi connectivity index (χ3n) is 3.80. The van der Waals surface area contributed by atoms with Crippen LogP contribution >= 0.6 is 0 Å². The van der Waals surface area contributed by atoms with E-state index in [1.165, 1.54) is 0 Å². The maximum Gasteiger partial charge on any atom is 0.433 e. The van der Waals surface area contributed by atoms with Crippen LogP contribution in [0.4, 0.5) is 24.8 Å². The van der Waals surface area contributed by atoms with Crippen LogP contribution in [0.1, 0.15) is 23.9 Å². The van der Waals surface area contributed by atoms with E-state index < -0.39 is 11.9 Å². The Kier molecular flexibility index (Phi) is 4.88. The number of pyridine rings is 1. The molecular formula is C19H17F3N4. The van der Waals surface area contributed by atoms with Crippen molar-refractivity contribution >= 4 is 11.6 Å². The Bertz CT molecular complexity index is 905. The second kappa shape index (κ2) is 7.11. The van der Waals surface area contributed by atoms with Gasteiger partial charge in [-0.3, -0.25) is 4.98 Å². The Hall–Kier alpha value is -2.96. The van der Waals surface area contributed by atoms with Gasteiger partial charge in [-0.2, -0.15) is 13.2 Å². The van der Waals surface area contributed by atoms with Crippen molar-refractivity contribution < 1.29 is 13.2 Å². The highest BCUT2D eigenvalue weighted by molar-refractivity contribution is 5.70. The summed E-state index contributed by atoms with van der Waals surface area (Å²) in [5, 5.41) is 2.85. The summed E-state index contributed by atoms with van der Waals surface area (Å²) in [6, 6.07) is 10.4. The molecular weight excluding hydrogens is 341 g/mol. The monoisotopic (exact) mass is 358 g/mol. The van der Waals surface area contributed by atoms with Gasteiger partial charge in [-0.15, -0.1) is 0 Å². The molecule has 0 aliphatic rings. The van der Waals surface area contributed by atoms with Crippen molar-refractivity contribution in [2.45, 2.75) is 26.4 Å². The van der Waals surface area contributed by atoms with Gasteiger partial charge in [-0.25, -0.2) is 9.97 Å². The van der Waals surface area contributed by atoms with E-state index in [1.54, 1.807) is 6.20 Å². The minimum atomic E-state index is -4.51. The Balaban J connectivity index is 1.90. The zero-order valence-corrected chi connectivity index (χ0v) is 14.3. The molecule has 4 nitrogen and oxygen atoms in total. The van der Waals surface area contributed by atoms with Gasteiger partial charge in [-0.1, -0.05) is 19.1 Å². The molecule has 1 aromatic carbocycles. The normalized spacial score (nSPS) is 11.4. The van der Waals surface area contributed by atoms with Gasteiger partial charge in [0.1, 0.15) is 5.69 Å². The highest BCUT2D eigenvalue weighted by Crippen LogP contribution is 2.29. The predicted molar refractivity (Wildman–Crippen MR) is 94.1 cm³/mol. The minimum Gasteiger partial charge on any atom is -0.324 e. The lowest BCUT2D eigenvalue weighted by atomic mass is 10.0. The van der Waals surface area contributed by atoms with Crippen LogP contribution in [-0.4, -0.2) is 15.0 Å². The topological polar surface area (TPSA) is 50.7 Å². The first-order chi connectivity index (χ1) is 12.3. The van der Waals surface area contributed by atoms with Gasteiger partial charge in [0.15, 0.2) is 0 Å². The van der Waals surface area contributed by atoms with Gasteiger partial charge >= 0.3 is 6.18 Å². The van der Waals surface area contributed by atoms with Crippen LogP contribution in [-0.2, 0) is 12.6 Å².